The Morgan fingerprint density at radius 3 is 2.61 bits per heavy atom. The predicted octanol–water partition coefficient (Wildman–Crippen LogP) is 3.36. The number of piperazine rings is 1. The van der Waals surface area contributed by atoms with E-state index in [4.69, 9.17) is 11.6 Å². The molecule has 0 radical (unpaired) electrons. The fourth-order valence-corrected chi connectivity index (χ4v) is 4.21. The summed E-state index contributed by atoms with van der Waals surface area (Å²) in [5.41, 5.74) is 3.92. The third-order valence-corrected chi connectivity index (χ3v) is 6.53. The minimum absolute atomic E-state index is 0.0725. The highest BCUT2D eigenvalue weighted by atomic mass is 35.5. The summed E-state index contributed by atoms with van der Waals surface area (Å²) in [6.07, 6.45) is 3.47. The lowest BCUT2D eigenvalue weighted by molar-refractivity contribution is -0.116. The maximum absolute atomic E-state index is 12.4. The molecule has 31 heavy (non-hydrogen) atoms. The number of nitrogens with one attached hydrogen (secondary N) is 1. The third-order valence-electron chi connectivity index (χ3n) is 6.17. The van der Waals surface area contributed by atoms with Gasteiger partial charge < -0.3 is 10.2 Å². The Morgan fingerprint density at radius 1 is 1.23 bits per heavy atom. The third kappa shape index (κ3) is 6.19. The first-order chi connectivity index (χ1) is 14.9. The van der Waals surface area contributed by atoms with Crippen molar-refractivity contribution in [3.63, 3.8) is 0 Å². The van der Waals surface area contributed by atoms with Crippen molar-refractivity contribution in [2.24, 2.45) is 0 Å². The van der Waals surface area contributed by atoms with E-state index in [0.29, 0.717) is 19.1 Å². The molecule has 1 aromatic carbocycles. The van der Waals surface area contributed by atoms with E-state index in [0.717, 1.165) is 60.3 Å². The van der Waals surface area contributed by atoms with Gasteiger partial charge in [-0.3, -0.25) is 14.4 Å². The van der Waals surface area contributed by atoms with Crippen molar-refractivity contribution in [2.45, 2.75) is 40.3 Å². The summed E-state index contributed by atoms with van der Waals surface area (Å²) in [5.74, 6) is -0.0725. The molecular weight excluding hydrogens is 410 g/mol. The van der Waals surface area contributed by atoms with Gasteiger partial charge in [0.15, 0.2) is 0 Å². The maximum atomic E-state index is 12.4. The van der Waals surface area contributed by atoms with Gasteiger partial charge in [-0.25, -0.2) is 0 Å². The molecule has 1 unspecified atom stereocenters. The molecule has 1 fully saturated rings. The molecule has 0 aliphatic carbocycles. The van der Waals surface area contributed by atoms with Crippen LogP contribution in [0.3, 0.4) is 0 Å². The van der Waals surface area contributed by atoms with Gasteiger partial charge in [0, 0.05) is 61.1 Å². The summed E-state index contributed by atoms with van der Waals surface area (Å²) in [6.45, 7) is 15.1. The first-order valence-electron chi connectivity index (χ1n) is 11.1. The molecule has 1 aliphatic rings. The predicted molar refractivity (Wildman–Crippen MR) is 127 cm³/mol. The van der Waals surface area contributed by atoms with Crippen molar-refractivity contribution in [1.29, 1.82) is 0 Å². The number of carbonyl (C=O) groups is 1. The topological polar surface area (TPSA) is 53.4 Å². The van der Waals surface area contributed by atoms with E-state index in [1.807, 2.05) is 48.9 Å². The molecule has 6 nitrogen and oxygen atoms in total. The lowest BCUT2D eigenvalue weighted by atomic mass is 10.1. The minimum Gasteiger partial charge on any atom is -0.351 e. The minimum atomic E-state index is -0.0725. The molecular formula is C24H34ClN5O. The zero-order chi connectivity index (χ0) is 22.4. The largest absolute Gasteiger partial charge is 0.351 e. The second-order valence-corrected chi connectivity index (χ2v) is 8.64. The van der Waals surface area contributed by atoms with Crippen LogP contribution in [0.15, 0.2) is 30.3 Å². The number of aromatic nitrogens is 2. The van der Waals surface area contributed by atoms with Crippen molar-refractivity contribution >= 4 is 23.6 Å². The molecule has 168 valence electrons. The Labute approximate surface area is 190 Å². The van der Waals surface area contributed by atoms with E-state index in [2.05, 4.69) is 34.1 Å². The Morgan fingerprint density at radius 2 is 1.94 bits per heavy atom. The van der Waals surface area contributed by atoms with Gasteiger partial charge in [0.2, 0.25) is 5.91 Å². The molecule has 1 aliphatic heterocycles. The maximum Gasteiger partial charge on any atom is 0.244 e. The smallest absolute Gasteiger partial charge is 0.244 e. The Bertz CT molecular complexity index is 915. The van der Waals surface area contributed by atoms with Crippen LogP contribution in [0.5, 0.6) is 0 Å². The van der Waals surface area contributed by atoms with Crippen LogP contribution >= 0.6 is 11.6 Å². The average Bonchev–Trinajstić information content (AvgIpc) is 3.04. The fourth-order valence-electron chi connectivity index (χ4n) is 4.01. The number of nitrogens with zero attached hydrogens (tertiary/aromatic N) is 4. The van der Waals surface area contributed by atoms with Crippen LogP contribution in [-0.2, 0) is 11.3 Å². The molecule has 0 spiro atoms. The highest BCUT2D eigenvalue weighted by Gasteiger charge is 2.20. The summed E-state index contributed by atoms with van der Waals surface area (Å²) in [6, 6.07) is 8.12. The van der Waals surface area contributed by atoms with Gasteiger partial charge in [-0.1, -0.05) is 36.7 Å². The van der Waals surface area contributed by atoms with Gasteiger partial charge >= 0.3 is 0 Å². The van der Waals surface area contributed by atoms with Crippen LogP contribution in [0.1, 0.15) is 36.4 Å². The molecule has 3 rings (SSSR count). The number of halogens is 1. The Hall–Kier alpha value is -2.15. The van der Waals surface area contributed by atoms with E-state index in [-0.39, 0.29) is 5.91 Å². The van der Waals surface area contributed by atoms with Crippen LogP contribution in [0.25, 0.3) is 6.08 Å². The van der Waals surface area contributed by atoms with Crippen LogP contribution in [0, 0.1) is 13.8 Å². The van der Waals surface area contributed by atoms with E-state index in [1.165, 1.54) is 0 Å². The van der Waals surface area contributed by atoms with Crippen molar-refractivity contribution in [3.05, 3.63) is 57.9 Å². The Kier molecular flexibility index (Phi) is 8.29. The van der Waals surface area contributed by atoms with Crippen LogP contribution in [0.2, 0.25) is 5.02 Å². The number of carbonyl (C=O) groups excluding carboxylic acids is 1. The highest BCUT2D eigenvalue weighted by Crippen LogP contribution is 2.20. The van der Waals surface area contributed by atoms with E-state index < -0.39 is 0 Å². The second-order valence-electron chi connectivity index (χ2n) is 8.23. The zero-order valence-corrected chi connectivity index (χ0v) is 19.8. The highest BCUT2D eigenvalue weighted by molar-refractivity contribution is 6.31. The summed E-state index contributed by atoms with van der Waals surface area (Å²) in [7, 11) is 0. The zero-order valence-electron chi connectivity index (χ0n) is 19.1. The molecule has 1 saturated heterocycles. The Balaban J connectivity index is 1.54. The monoisotopic (exact) mass is 443 g/mol. The van der Waals surface area contributed by atoms with Gasteiger partial charge in [-0.05, 0) is 45.0 Å². The fraction of sp³-hybridized carbons (Fsp3) is 0.500. The first kappa shape index (κ1) is 23.5. The number of hydrogen-bond donors (Lipinski definition) is 1. The van der Waals surface area contributed by atoms with Crippen LogP contribution < -0.4 is 5.32 Å². The number of benzene rings is 1. The number of aryl methyl sites for hydroxylation is 1. The van der Waals surface area contributed by atoms with E-state index in [9.17, 15) is 4.79 Å². The van der Waals surface area contributed by atoms with Crippen LogP contribution in [0.4, 0.5) is 0 Å². The van der Waals surface area contributed by atoms with Crippen LogP contribution in [-0.4, -0.2) is 70.8 Å². The van der Waals surface area contributed by atoms with Crippen molar-refractivity contribution < 1.29 is 4.79 Å². The lowest BCUT2D eigenvalue weighted by Gasteiger charge is -2.37. The number of amides is 1. The lowest BCUT2D eigenvalue weighted by Crippen LogP contribution is -2.52. The van der Waals surface area contributed by atoms with Gasteiger partial charge in [-0.2, -0.15) is 5.10 Å². The van der Waals surface area contributed by atoms with Crippen molar-refractivity contribution in [3.8, 4) is 0 Å². The van der Waals surface area contributed by atoms with Gasteiger partial charge in [0.05, 0.1) is 12.2 Å². The molecule has 1 atom stereocenters. The second kappa shape index (κ2) is 10.9. The first-order valence-corrected chi connectivity index (χ1v) is 11.5. The quantitative estimate of drug-likeness (QED) is 0.635. The molecule has 0 saturated carbocycles. The molecule has 1 amide bonds. The molecule has 1 aromatic heterocycles. The van der Waals surface area contributed by atoms with Gasteiger partial charge in [0.1, 0.15) is 0 Å². The molecule has 2 heterocycles. The summed E-state index contributed by atoms with van der Waals surface area (Å²) < 4.78 is 1.94. The molecule has 2 aromatic rings. The normalized spacial score (nSPS) is 16.7. The number of likely N-dealkylation sites (N-methyl/N-ethyl adjacent to an activating group) is 1. The summed E-state index contributed by atoms with van der Waals surface area (Å²) in [5, 5.41) is 8.41. The SMILES string of the molecule is CCN1CCN(C(C)CNC(=O)C=Cc2c(C)nn(Cc3ccccc3Cl)c2C)CC1. The van der Waals surface area contributed by atoms with Crippen molar-refractivity contribution in [2.75, 3.05) is 39.3 Å². The molecule has 7 heteroatoms. The van der Waals surface area contributed by atoms with Gasteiger partial charge in [-0.15, -0.1) is 0 Å². The number of rotatable bonds is 8. The molecule has 0 bridgehead atoms. The van der Waals surface area contributed by atoms with Crippen molar-refractivity contribution in [1.82, 2.24) is 24.9 Å². The standard InChI is InChI=1S/C24H34ClN5O/c1-5-28-12-14-29(15-13-28)18(2)16-26-24(31)11-10-22-19(3)27-30(20(22)4)17-21-8-6-7-9-23(21)25/h6-11,18H,5,12-17H2,1-4H3,(H,26,31). The van der Waals surface area contributed by atoms with E-state index in [1.54, 1.807) is 6.08 Å². The van der Waals surface area contributed by atoms with E-state index >= 15 is 0 Å². The summed E-state index contributed by atoms with van der Waals surface area (Å²) >= 11 is 6.29. The number of hydrogen-bond acceptors (Lipinski definition) is 4. The molecule has 1 N–H and O–H groups in total. The van der Waals surface area contributed by atoms with Gasteiger partial charge in [0.25, 0.3) is 0 Å². The summed E-state index contributed by atoms with van der Waals surface area (Å²) in [4.78, 5) is 17.3. The average molecular weight is 444 g/mol.